The molecular weight excluding hydrogens is 420 g/mol. The van der Waals surface area contributed by atoms with Gasteiger partial charge in [0.15, 0.2) is 0 Å². The molecule has 0 atom stereocenters. The maximum atomic E-state index is 9.44. The summed E-state index contributed by atoms with van der Waals surface area (Å²) in [5.74, 6) is 1.20. The maximum absolute atomic E-state index is 9.44. The van der Waals surface area contributed by atoms with Gasteiger partial charge in [-0.15, -0.1) is 0 Å². The van der Waals surface area contributed by atoms with Crippen LogP contribution in [0.15, 0.2) is 30.3 Å². The van der Waals surface area contributed by atoms with E-state index in [0.717, 1.165) is 5.92 Å². The molecule has 0 heterocycles. The Kier molecular flexibility index (Phi) is 40.0. The number of unbranched alkanes of at least 4 members (excludes halogenated alkanes) is 3. The van der Waals surface area contributed by atoms with Crippen LogP contribution in [0.1, 0.15) is 133 Å². The summed E-state index contributed by atoms with van der Waals surface area (Å²) in [6.45, 7) is 22.1. The highest BCUT2D eigenvalue weighted by Gasteiger charge is 2.05. The number of ketones is 1. The second-order valence-corrected chi connectivity index (χ2v) is 9.56. The Morgan fingerprint density at radius 3 is 1.38 bits per heavy atom. The normalized spacial score (nSPS) is 12.2. The van der Waals surface area contributed by atoms with E-state index in [0.29, 0.717) is 12.2 Å². The van der Waals surface area contributed by atoms with Crippen LogP contribution in [-0.2, 0) is 9.53 Å². The lowest BCUT2D eigenvalue weighted by Crippen LogP contribution is -2.09. The average molecular weight is 483 g/mol. The topological polar surface area (TPSA) is 46.5 Å². The minimum Gasteiger partial charge on any atom is -0.397 e. The van der Waals surface area contributed by atoms with Gasteiger partial charge in [0.2, 0.25) is 0 Å². The Labute approximate surface area is 215 Å². The van der Waals surface area contributed by atoms with Crippen LogP contribution in [0.4, 0.5) is 0 Å². The van der Waals surface area contributed by atoms with Gasteiger partial charge in [0.05, 0.1) is 12.2 Å². The fourth-order valence-corrected chi connectivity index (χ4v) is 2.89. The Morgan fingerprint density at radius 2 is 1.24 bits per heavy atom. The van der Waals surface area contributed by atoms with Gasteiger partial charge in [-0.2, -0.15) is 0 Å². The molecule has 0 bridgehead atoms. The molecule has 2 rings (SSSR count). The van der Waals surface area contributed by atoms with Crippen LogP contribution in [0.2, 0.25) is 0 Å². The highest BCUT2D eigenvalue weighted by Crippen LogP contribution is 2.22. The molecule has 1 fully saturated rings. The van der Waals surface area contributed by atoms with Crippen molar-refractivity contribution in [1.82, 2.24) is 0 Å². The molecule has 0 spiro atoms. The van der Waals surface area contributed by atoms with E-state index in [4.69, 9.17) is 9.84 Å². The van der Waals surface area contributed by atoms with Gasteiger partial charge in [0, 0.05) is 6.61 Å². The summed E-state index contributed by atoms with van der Waals surface area (Å²) < 4.78 is 5.25. The van der Waals surface area contributed by atoms with Crippen molar-refractivity contribution in [1.29, 1.82) is 0 Å². The van der Waals surface area contributed by atoms with Crippen molar-refractivity contribution in [3.63, 3.8) is 0 Å². The predicted molar refractivity (Wildman–Crippen MR) is 154 cm³/mol. The van der Waals surface area contributed by atoms with Gasteiger partial charge in [-0.05, 0) is 61.3 Å². The fourth-order valence-electron chi connectivity index (χ4n) is 2.89. The highest BCUT2D eigenvalue weighted by molar-refractivity contribution is 5.72. The van der Waals surface area contributed by atoms with E-state index in [1.165, 1.54) is 77.2 Å². The molecule has 1 saturated carbocycles. The van der Waals surface area contributed by atoms with Crippen LogP contribution in [0.25, 0.3) is 0 Å². The Balaban J connectivity index is -0.000000163. The summed E-state index contributed by atoms with van der Waals surface area (Å²) in [5, 5.41) is 7.57. The number of Topliss-reactive ketones (excluding diaryl/α,β-unsaturated/α-hetero) is 1. The van der Waals surface area contributed by atoms with Gasteiger partial charge in [-0.1, -0.05) is 114 Å². The number of aliphatic hydroxyl groups excluding tert-OH is 1. The van der Waals surface area contributed by atoms with E-state index in [2.05, 4.69) is 39.8 Å². The van der Waals surface area contributed by atoms with Gasteiger partial charge in [0.25, 0.3) is 0 Å². The lowest BCUT2D eigenvalue weighted by molar-refractivity contribution is -0.115. The molecule has 1 N–H and O–H groups in total. The summed E-state index contributed by atoms with van der Waals surface area (Å²) in [6, 6.07) is 10.3. The van der Waals surface area contributed by atoms with Crippen molar-refractivity contribution in [2.24, 2.45) is 5.92 Å². The van der Waals surface area contributed by atoms with Gasteiger partial charge < -0.3 is 14.6 Å². The van der Waals surface area contributed by atoms with E-state index in [1.54, 1.807) is 6.92 Å². The van der Waals surface area contributed by atoms with Crippen LogP contribution in [0, 0.1) is 12.8 Å². The van der Waals surface area contributed by atoms with Crippen LogP contribution in [0.5, 0.6) is 0 Å². The first kappa shape index (κ1) is 40.0. The van der Waals surface area contributed by atoms with E-state index in [-0.39, 0.29) is 12.4 Å². The number of aliphatic hydroxyl groups is 1. The Morgan fingerprint density at radius 1 is 0.882 bits per heavy atom. The molecule has 0 amide bonds. The molecule has 1 aliphatic rings. The number of hydrogen-bond acceptors (Lipinski definition) is 3. The van der Waals surface area contributed by atoms with E-state index in [9.17, 15) is 4.79 Å². The number of hydrogen-bond donors (Lipinski definition) is 1. The largest absolute Gasteiger partial charge is 0.397 e. The molecule has 1 aromatic rings. The van der Waals surface area contributed by atoms with Crippen molar-refractivity contribution < 1.29 is 14.6 Å². The van der Waals surface area contributed by atoms with Crippen LogP contribution < -0.4 is 0 Å². The van der Waals surface area contributed by atoms with Gasteiger partial charge in [-0.3, -0.25) is 0 Å². The maximum Gasteiger partial charge on any atom is 0.126 e. The zero-order chi connectivity index (χ0) is 27.2. The molecule has 3 nitrogen and oxygen atoms in total. The summed E-state index contributed by atoms with van der Waals surface area (Å²) >= 11 is 0. The molecule has 0 unspecified atom stereocenters. The van der Waals surface area contributed by atoms with E-state index in [1.807, 2.05) is 45.9 Å². The van der Waals surface area contributed by atoms with Crippen LogP contribution >= 0.6 is 0 Å². The average Bonchev–Trinajstić information content (AvgIpc) is 2.74. The van der Waals surface area contributed by atoms with Gasteiger partial charge in [0.1, 0.15) is 5.78 Å². The van der Waals surface area contributed by atoms with Gasteiger partial charge in [-0.25, -0.2) is 0 Å². The van der Waals surface area contributed by atoms with E-state index < -0.39 is 0 Å². The summed E-state index contributed by atoms with van der Waals surface area (Å²) in [7, 11) is 0. The zero-order valence-corrected chi connectivity index (χ0v) is 25.0. The number of benzene rings is 1. The zero-order valence-electron chi connectivity index (χ0n) is 25.0. The fraction of sp³-hybridized carbons (Fsp3) is 0.774. The molecule has 0 aromatic heterocycles. The van der Waals surface area contributed by atoms with Crippen molar-refractivity contribution >= 4 is 5.78 Å². The summed E-state index contributed by atoms with van der Waals surface area (Å²) in [4.78, 5) is 9.44. The van der Waals surface area contributed by atoms with Crippen LogP contribution in [0.3, 0.4) is 0 Å². The SMILES string of the molecule is CC(C)=O.CC(C)OC(C)C.CC1CCCCC1.CCCCCC.CCO.Cc1ccccc1. The third-order valence-corrected chi connectivity index (χ3v) is 4.34. The standard InChI is InChI=1S/C7H14.C7H8.C6H14O.C6H14.C3H6O.C2H6O/c2*1-7-5-3-2-4-6-7;1-5(2)7-6(3)4;1-3-5-6-4-2;1-3(2)4;1-2-3/h7H,2-6H2,1H3;2-6H,1H3;5-6H,1-4H3;3-6H2,1-2H3;1-2H3;3H,2H2,1H3. The molecule has 1 aromatic carbocycles. The Bertz CT molecular complexity index is 449. The van der Waals surface area contributed by atoms with Crippen molar-refractivity contribution in [3.8, 4) is 0 Å². The van der Waals surface area contributed by atoms with Crippen molar-refractivity contribution in [2.45, 2.75) is 146 Å². The summed E-state index contributed by atoms with van der Waals surface area (Å²) in [6.07, 6.45) is 13.7. The molecule has 0 saturated heterocycles. The number of rotatable bonds is 5. The monoisotopic (exact) mass is 482 g/mol. The third-order valence-electron chi connectivity index (χ3n) is 4.34. The minimum absolute atomic E-state index is 0.167. The molecule has 204 valence electrons. The number of carbonyl (C=O) groups is 1. The first-order valence-electron chi connectivity index (χ1n) is 13.7. The molecule has 0 aliphatic heterocycles. The lowest BCUT2D eigenvalue weighted by atomic mass is 9.91. The van der Waals surface area contributed by atoms with Crippen LogP contribution in [-0.4, -0.2) is 29.7 Å². The number of ether oxygens (including phenoxy) is 1. The first-order valence-corrected chi connectivity index (χ1v) is 13.7. The number of aryl methyl sites for hydroxylation is 1. The molecule has 3 heteroatoms. The minimum atomic E-state index is 0.167. The first-order chi connectivity index (χ1) is 16.0. The lowest BCUT2D eigenvalue weighted by Gasteiger charge is -2.15. The molecule has 34 heavy (non-hydrogen) atoms. The highest BCUT2D eigenvalue weighted by atomic mass is 16.5. The quantitative estimate of drug-likeness (QED) is 0.425. The van der Waals surface area contributed by atoms with Gasteiger partial charge >= 0.3 is 0 Å². The second kappa shape index (κ2) is 34.0. The predicted octanol–water partition coefficient (Wildman–Crippen LogP) is 9.58. The molecule has 1 aliphatic carbocycles. The molecule has 0 radical (unpaired) electrons. The third kappa shape index (κ3) is 57.6. The van der Waals surface area contributed by atoms with Crippen molar-refractivity contribution in [2.75, 3.05) is 6.61 Å². The smallest absolute Gasteiger partial charge is 0.126 e. The Hall–Kier alpha value is -1.19. The van der Waals surface area contributed by atoms with Crippen molar-refractivity contribution in [3.05, 3.63) is 35.9 Å². The number of carbonyl (C=O) groups excluding carboxylic acids is 1. The summed E-state index contributed by atoms with van der Waals surface area (Å²) in [5.41, 5.74) is 1.32. The molecular formula is C31H62O3. The second-order valence-electron chi connectivity index (χ2n) is 9.56. The van der Waals surface area contributed by atoms with E-state index >= 15 is 0 Å².